The zero-order valence-electron chi connectivity index (χ0n) is 10.2. The molecule has 0 radical (unpaired) electrons. The van der Waals surface area contributed by atoms with Crippen LogP contribution in [0, 0.1) is 0 Å². The summed E-state index contributed by atoms with van der Waals surface area (Å²) in [6.07, 6.45) is 2.23. The van der Waals surface area contributed by atoms with Gasteiger partial charge >= 0.3 is 0 Å². The van der Waals surface area contributed by atoms with E-state index in [0.717, 1.165) is 31.6 Å². The molecule has 88 valence electrons. The molecule has 1 fully saturated rings. The van der Waals surface area contributed by atoms with Crippen LogP contribution in [0.4, 0.5) is 0 Å². The van der Waals surface area contributed by atoms with E-state index >= 15 is 0 Å². The fourth-order valence-corrected chi connectivity index (χ4v) is 1.90. The van der Waals surface area contributed by atoms with Crippen molar-refractivity contribution in [2.75, 3.05) is 13.1 Å². The van der Waals surface area contributed by atoms with Crippen LogP contribution in [0.5, 0.6) is 0 Å². The number of nitrogens with one attached hydrogen (secondary N) is 1. The van der Waals surface area contributed by atoms with Crippen LogP contribution in [0.3, 0.4) is 0 Å². The summed E-state index contributed by atoms with van der Waals surface area (Å²) in [7, 11) is 0. The minimum atomic E-state index is 0.0105. The topological polar surface area (TPSA) is 49.0 Å². The Morgan fingerprint density at radius 3 is 2.50 bits per heavy atom. The molecule has 1 amide bonds. The standard InChI is InChI=1S/C12H19N3O/c1-12(2,3)10-8-9(13-14-10)11(16)15-6-4-5-7-15/h8H,4-7H2,1-3H3,(H,13,14). The first kappa shape index (κ1) is 11.2. The zero-order chi connectivity index (χ0) is 11.8. The van der Waals surface area contributed by atoms with Gasteiger partial charge in [0, 0.05) is 24.2 Å². The first-order valence-corrected chi connectivity index (χ1v) is 5.83. The molecule has 0 bridgehead atoms. The monoisotopic (exact) mass is 221 g/mol. The van der Waals surface area contributed by atoms with Gasteiger partial charge in [-0.1, -0.05) is 20.8 Å². The molecule has 1 aromatic heterocycles. The van der Waals surface area contributed by atoms with E-state index in [-0.39, 0.29) is 11.3 Å². The Morgan fingerprint density at radius 1 is 1.38 bits per heavy atom. The first-order valence-electron chi connectivity index (χ1n) is 5.83. The van der Waals surface area contributed by atoms with Crippen LogP contribution in [-0.4, -0.2) is 34.1 Å². The van der Waals surface area contributed by atoms with Gasteiger partial charge < -0.3 is 4.90 Å². The molecule has 4 nitrogen and oxygen atoms in total. The molecule has 0 aliphatic carbocycles. The molecule has 0 unspecified atom stereocenters. The average Bonchev–Trinajstić information content (AvgIpc) is 2.87. The third-order valence-electron chi connectivity index (χ3n) is 3.00. The molecule has 0 spiro atoms. The molecule has 16 heavy (non-hydrogen) atoms. The molecule has 0 aromatic carbocycles. The maximum Gasteiger partial charge on any atom is 0.274 e. The summed E-state index contributed by atoms with van der Waals surface area (Å²) in [5.41, 5.74) is 1.57. The molecular formula is C12H19N3O. The highest BCUT2D eigenvalue weighted by atomic mass is 16.2. The summed E-state index contributed by atoms with van der Waals surface area (Å²) < 4.78 is 0. The third kappa shape index (κ3) is 2.10. The van der Waals surface area contributed by atoms with E-state index < -0.39 is 0 Å². The highest BCUT2D eigenvalue weighted by molar-refractivity contribution is 5.92. The number of carbonyl (C=O) groups is 1. The van der Waals surface area contributed by atoms with Gasteiger partial charge in [-0.05, 0) is 18.9 Å². The lowest BCUT2D eigenvalue weighted by Crippen LogP contribution is -2.27. The number of nitrogens with zero attached hydrogens (tertiary/aromatic N) is 2. The lowest BCUT2D eigenvalue weighted by molar-refractivity contribution is 0.0787. The maximum atomic E-state index is 12.0. The summed E-state index contributed by atoms with van der Waals surface area (Å²) in [6, 6.07) is 1.88. The lowest BCUT2D eigenvalue weighted by Gasteiger charge is -2.15. The van der Waals surface area contributed by atoms with Crippen LogP contribution in [0.15, 0.2) is 6.07 Å². The Balaban J connectivity index is 2.15. The van der Waals surface area contributed by atoms with Crippen LogP contribution >= 0.6 is 0 Å². The number of likely N-dealkylation sites (tertiary alicyclic amines) is 1. The van der Waals surface area contributed by atoms with Crippen LogP contribution < -0.4 is 0 Å². The largest absolute Gasteiger partial charge is 0.337 e. The second-order valence-corrected chi connectivity index (χ2v) is 5.42. The van der Waals surface area contributed by atoms with E-state index in [1.165, 1.54) is 0 Å². The van der Waals surface area contributed by atoms with Crippen molar-refractivity contribution >= 4 is 5.91 Å². The van der Waals surface area contributed by atoms with Crippen molar-refractivity contribution in [3.63, 3.8) is 0 Å². The molecule has 1 aliphatic rings. The van der Waals surface area contributed by atoms with Crippen molar-refractivity contribution in [1.82, 2.24) is 15.1 Å². The van der Waals surface area contributed by atoms with Crippen molar-refractivity contribution in [3.05, 3.63) is 17.5 Å². The minimum absolute atomic E-state index is 0.0105. The van der Waals surface area contributed by atoms with Crippen molar-refractivity contribution in [2.24, 2.45) is 0 Å². The second kappa shape index (κ2) is 3.92. The van der Waals surface area contributed by atoms with Crippen LogP contribution in [0.25, 0.3) is 0 Å². The lowest BCUT2D eigenvalue weighted by atomic mass is 9.92. The van der Waals surface area contributed by atoms with Gasteiger partial charge in [-0.15, -0.1) is 0 Å². The van der Waals surface area contributed by atoms with E-state index in [0.29, 0.717) is 5.69 Å². The molecule has 1 saturated heterocycles. The van der Waals surface area contributed by atoms with Gasteiger partial charge in [-0.2, -0.15) is 5.10 Å². The highest BCUT2D eigenvalue weighted by Crippen LogP contribution is 2.21. The molecule has 1 aromatic rings. The molecule has 1 aliphatic heterocycles. The maximum absolute atomic E-state index is 12.0. The minimum Gasteiger partial charge on any atom is -0.337 e. The van der Waals surface area contributed by atoms with Crippen molar-refractivity contribution < 1.29 is 4.79 Å². The summed E-state index contributed by atoms with van der Waals surface area (Å²) >= 11 is 0. The number of aromatic nitrogens is 2. The predicted molar refractivity (Wildman–Crippen MR) is 62.4 cm³/mol. The molecule has 4 heteroatoms. The van der Waals surface area contributed by atoms with E-state index in [1.54, 1.807) is 0 Å². The van der Waals surface area contributed by atoms with Gasteiger partial charge in [-0.3, -0.25) is 9.89 Å². The van der Waals surface area contributed by atoms with Crippen molar-refractivity contribution in [2.45, 2.75) is 39.0 Å². The molecule has 0 saturated carbocycles. The third-order valence-corrected chi connectivity index (χ3v) is 3.00. The Morgan fingerprint density at radius 2 is 2.00 bits per heavy atom. The fraction of sp³-hybridized carbons (Fsp3) is 0.667. The summed E-state index contributed by atoms with van der Waals surface area (Å²) in [5.74, 6) is 0.0595. The van der Waals surface area contributed by atoms with Crippen LogP contribution in [0.1, 0.15) is 49.8 Å². The average molecular weight is 221 g/mol. The van der Waals surface area contributed by atoms with E-state index in [9.17, 15) is 4.79 Å². The number of hydrogen-bond acceptors (Lipinski definition) is 2. The van der Waals surface area contributed by atoms with Crippen LogP contribution in [-0.2, 0) is 5.41 Å². The molecule has 2 rings (SSSR count). The number of rotatable bonds is 1. The van der Waals surface area contributed by atoms with E-state index in [4.69, 9.17) is 0 Å². The van der Waals surface area contributed by atoms with Gasteiger partial charge in [0.1, 0.15) is 5.69 Å². The number of carbonyl (C=O) groups excluding carboxylic acids is 1. The summed E-state index contributed by atoms with van der Waals surface area (Å²) in [4.78, 5) is 13.9. The Bertz CT molecular complexity index is 383. The summed E-state index contributed by atoms with van der Waals surface area (Å²) in [5, 5.41) is 7.06. The summed E-state index contributed by atoms with van der Waals surface area (Å²) in [6.45, 7) is 8.05. The van der Waals surface area contributed by atoms with Gasteiger partial charge in [-0.25, -0.2) is 0 Å². The fourth-order valence-electron chi connectivity index (χ4n) is 1.90. The predicted octanol–water partition coefficient (Wildman–Crippen LogP) is 1.94. The quantitative estimate of drug-likeness (QED) is 0.788. The Hall–Kier alpha value is -1.32. The SMILES string of the molecule is CC(C)(C)c1cc(C(=O)N2CCCC2)n[nH]1. The molecule has 2 heterocycles. The number of hydrogen-bond donors (Lipinski definition) is 1. The Kier molecular flexibility index (Phi) is 2.74. The number of aromatic amines is 1. The van der Waals surface area contributed by atoms with Gasteiger partial charge in [0.2, 0.25) is 0 Å². The zero-order valence-corrected chi connectivity index (χ0v) is 10.2. The van der Waals surface area contributed by atoms with Crippen molar-refractivity contribution in [3.8, 4) is 0 Å². The van der Waals surface area contributed by atoms with E-state index in [2.05, 4.69) is 31.0 Å². The van der Waals surface area contributed by atoms with E-state index in [1.807, 2.05) is 11.0 Å². The Labute approximate surface area is 96.0 Å². The molecule has 0 atom stereocenters. The van der Waals surface area contributed by atoms with Crippen LogP contribution in [0.2, 0.25) is 0 Å². The molecular weight excluding hydrogens is 202 g/mol. The molecule has 1 N–H and O–H groups in total. The van der Waals surface area contributed by atoms with Gasteiger partial charge in [0.15, 0.2) is 0 Å². The smallest absolute Gasteiger partial charge is 0.274 e. The number of H-pyrrole nitrogens is 1. The normalized spacial score (nSPS) is 16.8. The van der Waals surface area contributed by atoms with Gasteiger partial charge in [0.25, 0.3) is 5.91 Å². The van der Waals surface area contributed by atoms with Crippen molar-refractivity contribution in [1.29, 1.82) is 0 Å². The van der Waals surface area contributed by atoms with Gasteiger partial charge in [0.05, 0.1) is 0 Å². The first-order chi connectivity index (χ1) is 7.48. The number of amides is 1. The highest BCUT2D eigenvalue weighted by Gasteiger charge is 2.24. The second-order valence-electron chi connectivity index (χ2n) is 5.42.